The third-order valence-corrected chi connectivity index (χ3v) is 2.75. The van der Waals surface area contributed by atoms with Crippen molar-refractivity contribution in [2.75, 3.05) is 0 Å². The Bertz CT molecular complexity index is 422. The Labute approximate surface area is 100 Å². The number of hydrogen-bond donors (Lipinski definition) is 1. The van der Waals surface area contributed by atoms with Crippen LogP contribution in [0.5, 0.6) is 0 Å². The van der Waals surface area contributed by atoms with Crippen LogP contribution in [0.1, 0.15) is 24.3 Å². The van der Waals surface area contributed by atoms with Crippen molar-refractivity contribution in [1.82, 2.24) is 5.32 Å². The van der Waals surface area contributed by atoms with Crippen LogP contribution in [0.15, 0.2) is 47.1 Å². The van der Waals surface area contributed by atoms with Crippen molar-refractivity contribution in [3.8, 4) is 0 Å². The highest BCUT2D eigenvalue weighted by Crippen LogP contribution is 2.14. The van der Waals surface area contributed by atoms with Gasteiger partial charge in [-0.25, -0.2) is 0 Å². The molecule has 1 N–H and O–H groups in total. The van der Waals surface area contributed by atoms with Gasteiger partial charge in [-0.2, -0.15) is 0 Å². The first-order valence-electron chi connectivity index (χ1n) is 5.27. The van der Waals surface area contributed by atoms with E-state index in [4.69, 9.17) is 16.0 Å². The first-order chi connectivity index (χ1) is 7.75. The molecule has 84 valence electrons. The van der Waals surface area contributed by atoms with Crippen molar-refractivity contribution in [2.24, 2.45) is 0 Å². The molecule has 0 bridgehead atoms. The van der Waals surface area contributed by atoms with Crippen LogP contribution >= 0.6 is 11.6 Å². The van der Waals surface area contributed by atoms with Crippen LogP contribution in [0, 0.1) is 0 Å². The van der Waals surface area contributed by atoms with E-state index in [-0.39, 0.29) is 6.04 Å². The van der Waals surface area contributed by atoms with Gasteiger partial charge in [-0.1, -0.05) is 23.7 Å². The maximum atomic E-state index is 5.82. The molecule has 0 aliphatic rings. The lowest BCUT2D eigenvalue weighted by Gasteiger charge is -2.11. The molecular formula is C13H14ClNO. The molecule has 1 aromatic carbocycles. The van der Waals surface area contributed by atoms with Crippen LogP contribution in [0.2, 0.25) is 5.02 Å². The minimum atomic E-state index is 0.214. The monoisotopic (exact) mass is 235 g/mol. The summed E-state index contributed by atoms with van der Waals surface area (Å²) in [6, 6.07) is 11.9. The molecule has 2 aromatic rings. The molecule has 3 heteroatoms. The van der Waals surface area contributed by atoms with Gasteiger partial charge in [-0.05, 0) is 36.8 Å². The number of furan rings is 1. The highest BCUT2D eigenvalue weighted by Gasteiger charge is 2.06. The van der Waals surface area contributed by atoms with Crippen LogP contribution < -0.4 is 5.32 Å². The second kappa shape index (κ2) is 5.19. The molecule has 2 rings (SSSR count). The average Bonchev–Trinajstić information content (AvgIpc) is 2.81. The normalized spacial score (nSPS) is 12.6. The Morgan fingerprint density at radius 1 is 1.25 bits per heavy atom. The quantitative estimate of drug-likeness (QED) is 0.873. The van der Waals surface area contributed by atoms with Gasteiger partial charge in [0.1, 0.15) is 5.76 Å². The van der Waals surface area contributed by atoms with E-state index in [0.29, 0.717) is 0 Å². The van der Waals surface area contributed by atoms with Crippen LogP contribution in [0.4, 0.5) is 0 Å². The molecule has 16 heavy (non-hydrogen) atoms. The van der Waals surface area contributed by atoms with Crippen LogP contribution in [0.25, 0.3) is 0 Å². The molecule has 1 aromatic heterocycles. The van der Waals surface area contributed by atoms with Gasteiger partial charge in [0.15, 0.2) is 0 Å². The van der Waals surface area contributed by atoms with Gasteiger partial charge in [0.25, 0.3) is 0 Å². The Balaban J connectivity index is 1.90. The third-order valence-electron chi connectivity index (χ3n) is 2.50. The molecule has 0 aliphatic heterocycles. The SMILES string of the molecule is C[C@H](NCc1ccc(Cl)cc1)c1ccco1. The predicted molar refractivity (Wildman–Crippen MR) is 65.4 cm³/mol. The van der Waals surface area contributed by atoms with Crippen molar-refractivity contribution in [3.63, 3.8) is 0 Å². The second-order valence-electron chi connectivity index (χ2n) is 3.74. The fourth-order valence-corrected chi connectivity index (χ4v) is 1.64. The molecule has 1 atom stereocenters. The lowest BCUT2D eigenvalue weighted by molar-refractivity contribution is 0.430. The number of halogens is 1. The van der Waals surface area contributed by atoms with E-state index in [9.17, 15) is 0 Å². The van der Waals surface area contributed by atoms with Gasteiger partial charge >= 0.3 is 0 Å². The van der Waals surface area contributed by atoms with Gasteiger partial charge in [0.05, 0.1) is 12.3 Å². The maximum absolute atomic E-state index is 5.82. The molecule has 0 fully saturated rings. The van der Waals surface area contributed by atoms with Gasteiger partial charge in [-0.3, -0.25) is 0 Å². The van der Waals surface area contributed by atoms with E-state index >= 15 is 0 Å². The lowest BCUT2D eigenvalue weighted by atomic mass is 10.2. The fourth-order valence-electron chi connectivity index (χ4n) is 1.51. The minimum Gasteiger partial charge on any atom is -0.468 e. The summed E-state index contributed by atoms with van der Waals surface area (Å²) in [5.74, 6) is 0.953. The Kier molecular flexibility index (Phi) is 3.65. The molecule has 0 saturated carbocycles. The highest BCUT2D eigenvalue weighted by molar-refractivity contribution is 6.30. The molecular weight excluding hydrogens is 222 g/mol. The van der Waals surface area contributed by atoms with Gasteiger partial charge in [-0.15, -0.1) is 0 Å². The Morgan fingerprint density at radius 3 is 2.62 bits per heavy atom. The number of hydrogen-bond acceptors (Lipinski definition) is 2. The highest BCUT2D eigenvalue weighted by atomic mass is 35.5. The summed E-state index contributed by atoms with van der Waals surface area (Å²) in [7, 11) is 0. The topological polar surface area (TPSA) is 25.2 Å². The summed E-state index contributed by atoms with van der Waals surface area (Å²) in [5, 5.41) is 4.15. The van der Waals surface area contributed by atoms with E-state index in [1.54, 1.807) is 6.26 Å². The number of rotatable bonds is 4. The smallest absolute Gasteiger partial charge is 0.120 e. The second-order valence-corrected chi connectivity index (χ2v) is 4.18. The van der Waals surface area contributed by atoms with Crippen molar-refractivity contribution < 1.29 is 4.42 Å². The number of benzene rings is 1. The summed E-state index contributed by atoms with van der Waals surface area (Å²) in [4.78, 5) is 0. The fraction of sp³-hybridized carbons (Fsp3) is 0.231. The van der Waals surface area contributed by atoms with Crippen LogP contribution in [-0.2, 0) is 6.54 Å². The van der Waals surface area contributed by atoms with Gasteiger partial charge in [0.2, 0.25) is 0 Å². The average molecular weight is 236 g/mol. The van der Waals surface area contributed by atoms with Crippen molar-refractivity contribution >= 4 is 11.6 Å². The molecule has 0 saturated heterocycles. The van der Waals surface area contributed by atoms with Crippen LogP contribution in [0.3, 0.4) is 0 Å². The van der Waals surface area contributed by atoms with Crippen molar-refractivity contribution in [3.05, 3.63) is 59.0 Å². The van der Waals surface area contributed by atoms with Crippen molar-refractivity contribution in [2.45, 2.75) is 19.5 Å². The Hall–Kier alpha value is -1.25. The van der Waals surface area contributed by atoms with Gasteiger partial charge in [0, 0.05) is 11.6 Å². The van der Waals surface area contributed by atoms with E-state index < -0.39 is 0 Å². The molecule has 0 radical (unpaired) electrons. The number of nitrogens with one attached hydrogen (secondary N) is 1. The lowest BCUT2D eigenvalue weighted by Crippen LogP contribution is -2.17. The maximum Gasteiger partial charge on any atom is 0.120 e. The summed E-state index contributed by atoms with van der Waals surface area (Å²) in [5.41, 5.74) is 1.21. The van der Waals surface area contributed by atoms with E-state index in [0.717, 1.165) is 17.3 Å². The zero-order valence-corrected chi connectivity index (χ0v) is 9.87. The third kappa shape index (κ3) is 2.87. The molecule has 0 spiro atoms. The molecule has 2 nitrogen and oxygen atoms in total. The molecule has 0 aliphatic carbocycles. The molecule has 0 amide bonds. The largest absolute Gasteiger partial charge is 0.468 e. The van der Waals surface area contributed by atoms with E-state index in [1.165, 1.54) is 5.56 Å². The first-order valence-corrected chi connectivity index (χ1v) is 5.65. The standard InChI is InChI=1S/C13H14ClNO/c1-10(13-3-2-8-16-13)15-9-11-4-6-12(14)7-5-11/h2-8,10,15H,9H2,1H3/t10-/m0/s1. The zero-order valence-electron chi connectivity index (χ0n) is 9.11. The van der Waals surface area contributed by atoms with E-state index in [2.05, 4.69) is 12.2 Å². The molecule has 1 heterocycles. The summed E-state index contributed by atoms with van der Waals surface area (Å²) < 4.78 is 5.32. The summed E-state index contributed by atoms with van der Waals surface area (Å²) >= 11 is 5.82. The molecule has 0 unspecified atom stereocenters. The van der Waals surface area contributed by atoms with E-state index in [1.807, 2.05) is 36.4 Å². The summed E-state index contributed by atoms with van der Waals surface area (Å²) in [6.45, 7) is 2.88. The first kappa shape index (κ1) is 11.2. The minimum absolute atomic E-state index is 0.214. The zero-order chi connectivity index (χ0) is 11.4. The summed E-state index contributed by atoms with van der Waals surface area (Å²) in [6.07, 6.45) is 1.69. The van der Waals surface area contributed by atoms with Crippen LogP contribution in [-0.4, -0.2) is 0 Å². The van der Waals surface area contributed by atoms with Crippen molar-refractivity contribution in [1.29, 1.82) is 0 Å². The van der Waals surface area contributed by atoms with Gasteiger partial charge < -0.3 is 9.73 Å². The Morgan fingerprint density at radius 2 is 2.00 bits per heavy atom. The predicted octanol–water partition coefficient (Wildman–Crippen LogP) is 3.78.